The van der Waals surface area contributed by atoms with Gasteiger partial charge in [0.25, 0.3) is 11.5 Å². The number of H-pyrrole nitrogens is 1. The van der Waals surface area contributed by atoms with E-state index in [1.54, 1.807) is 0 Å². The van der Waals surface area contributed by atoms with Gasteiger partial charge in [0.1, 0.15) is 0 Å². The molecule has 4 rings (SSSR count). The van der Waals surface area contributed by atoms with Crippen molar-refractivity contribution in [3.05, 3.63) is 91.9 Å². The minimum Gasteiger partial charge on any atom is -0.392 e. The van der Waals surface area contributed by atoms with E-state index in [1.165, 1.54) is 25.7 Å². The van der Waals surface area contributed by atoms with Gasteiger partial charge in [-0.1, -0.05) is 63.3 Å². The maximum absolute atomic E-state index is 13.6. The molecule has 3 aromatic rings. The molecule has 0 spiro atoms. The van der Waals surface area contributed by atoms with E-state index in [9.17, 15) is 14.7 Å². The smallest absolute Gasteiger partial charge is 0.253 e. The predicted molar refractivity (Wildman–Crippen MR) is 158 cm³/mol. The first-order valence-corrected chi connectivity index (χ1v) is 14.1. The maximum atomic E-state index is 13.6. The quantitative estimate of drug-likeness (QED) is 0.281. The van der Waals surface area contributed by atoms with Crippen LogP contribution in [-0.4, -0.2) is 28.8 Å². The summed E-state index contributed by atoms with van der Waals surface area (Å²) in [5.41, 5.74) is 6.93. The van der Waals surface area contributed by atoms with Crippen LogP contribution in [0.15, 0.2) is 52.3 Å². The number of aliphatic imine (C=N–C) groups is 1. The first kappa shape index (κ1) is 28.5. The number of rotatable bonds is 10. The highest BCUT2D eigenvalue weighted by Gasteiger charge is 2.23. The van der Waals surface area contributed by atoms with Crippen LogP contribution in [0.1, 0.15) is 82.9 Å². The summed E-state index contributed by atoms with van der Waals surface area (Å²) in [4.78, 5) is 33.8. The molecule has 1 aliphatic carbocycles. The van der Waals surface area contributed by atoms with E-state index in [1.807, 2.05) is 63.4 Å². The van der Waals surface area contributed by atoms with Gasteiger partial charge in [0.15, 0.2) is 0 Å². The van der Waals surface area contributed by atoms with Crippen molar-refractivity contribution in [1.82, 2.24) is 10.3 Å². The summed E-state index contributed by atoms with van der Waals surface area (Å²) >= 11 is 0. The number of aliphatic hydroxyl groups excluding tert-OH is 1. The van der Waals surface area contributed by atoms with Crippen LogP contribution >= 0.6 is 0 Å². The number of hydrogen-bond acceptors (Lipinski definition) is 4. The minimum atomic E-state index is -0.248. The number of carbonyl (C=O) groups excluding carboxylic acids is 1. The average molecular weight is 528 g/mol. The summed E-state index contributed by atoms with van der Waals surface area (Å²) in [5.74, 6) is 1.06. The van der Waals surface area contributed by atoms with Gasteiger partial charge in [0.05, 0.1) is 6.61 Å². The molecule has 0 radical (unpaired) electrons. The van der Waals surface area contributed by atoms with E-state index in [0.29, 0.717) is 17.0 Å². The van der Waals surface area contributed by atoms with Crippen LogP contribution < -0.4 is 10.9 Å². The van der Waals surface area contributed by atoms with E-state index in [0.717, 1.165) is 58.0 Å². The van der Waals surface area contributed by atoms with E-state index in [-0.39, 0.29) is 24.6 Å². The molecule has 1 saturated carbocycles. The van der Waals surface area contributed by atoms with Crippen LogP contribution in [0.25, 0.3) is 11.1 Å². The summed E-state index contributed by atoms with van der Waals surface area (Å²) in [7, 11) is 0. The monoisotopic (exact) mass is 527 g/mol. The molecule has 1 amide bonds. The second kappa shape index (κ2) is 13.0. The van der Waals surface area contributed by atoms with Gasteiger partial charge in [-0.25, -0.2) is 0 Å². The van der Waals surface area contributed by atoms with Crippen LogP contribution in [0.2, 0.25) is 0 Å². The molecule has 0 saturated heterocycles. The van der Waals surface area contributed by atoms with Gasteiger partial charge in [-0.3, -0.25) is 14.6 Å². The second-order valence-electron chi connectivity index (χ2n) is 10.9. The van der Waals surface area contributed by atoms with Gasteiger partial charge >= 0.3 is 0 Å². The molecule has 3 N–H and O–H groups in total. The average Bonchev–Trinajstić information content (AvgIpc) is 3.45. The van der Waals surface area contributed by atoms with Crippen molar-refractivity contribution in [2.75, 3.05) is 6.54 Å². The minimum absolute atomic E-state index is 0.0467. The fourth-order valence-electron chi connectivity index (χ4n) is 5.86. The van der Waals surface area contributed by atoms with Crippen LogP contribution in [-0.2, 0) is 13.2 Å². The van der Waals surface area contributed by atoms with Crippen LogP contribution in [0, 0.1) is 32.6 Å². The molecular weight excluding hydrogens is 486 g/mol. The Bertz CT molecular complexity index is 1400. The standard InChI is InChI=1S/C33H41N3O3/c1-5-25(26-10-6-7-11-26)17-34-18-30-22(3)14-28(27-12-8-9-24(15-27)20-37)16-29(30)32(38)35-19-31-21(2)13-23(4)36-33(31)39/h8-9,12-16,18,25-26,37H,5-7,10-11,17,19-20H2,1-4H3,(H,35,38)(H,36,39). The Morgan fingerprint density at radius 2 is 1.87 bits per heavy atom. The molecule has 1 heterocycles. The van der Waals surface area contributed by atoms with Crippen molar-refractivity contribution >= 4 is 12.1 Å². The molecule has 6 nitrogen and oxygen atoms in total. The molecule has 1 aliphatic rings. The highest BCUT2D eigenvalue weighted by Crippen LogP contribution is 2.33. The second-order valence-corrected chi connectivity index (χ2v) is 10.9. The number of aliphatic hydroxyl groups is 1. The van der Waals surface area contributed by atoms with Gasteiger partial charge in [0, 0.05) is 41.7 Å². The Hall–Kier alpha value is -3.51. The van der Waals surface area contributed by atoms with E-state index >= 15 is 0 Å². The molecule has 39 heavy (non-hydrogen) atoms. The van der Waals surface area contributed by atoms with Crippen molar-refractivity contribution in [2.45, 2.75) is 73.0 Å². The number of nitrogens with one attached hydrogen (secondary N) is 2. The summed E-state index contributed by atoms with van der Waals surface area (Å²) in [6.45, 7) is 8.83. The number of pyridine rings is 1. The number of hydrogen-bond donors (Lipinski definition) is 3. The Kier molecular flexibility index (Phi) is 9.52. The zero-order valence-electron chi connectivity index (χ0n) is 23.6. The topological polar surface area (TPSA) is 94.6 Å². The summed E-state index contributed by atoms with van der Waals surface area (Å²) < 4.78 is 0. The Balaban J connectivity index is 1.66. The Labute approximate surface area is 231 Å². The van der Waals surface area contributed by atoms with Gasteiger partial charge in [0.2, 0.25) is 0 Å². The molecule has 206 valence electrons. The van der Waals surface area contributed by atoms with Crippen molar-refractivity contribution < 1.29 is 9.90 Å². The molecule has 1 unspecified atom stereocenters. The van der Waals surface area contributed by atoms with Gasteiger partial charge in [-0.15, -0.1) is 0 Å². The number of nitrogens with zero attached hydrogens (tertiary/aromatic N) is 1. The number of aryl methyl sites for hydroxylation is 3. The molecule has 1 aromatic heterocycles. The Morgan fingerprint density at radius 1 is 1.10 bits per heavy atom. The fourth-order valence-corrected chi connectivity index (χ4v) is 5.86. The fraction of sp³-hybridized carbons (Fsp3) is 0.424. The van der Waals surface area contributed by atoms with E-state index < -0.39 is 0 Å². The van der Waals surface area contributed by atoms with Crippen molar-refractivity contribution in [2.24, 2.45) is 16.8 Å². The highest BCUT2D eigenvalue weighted by molar-refractivity contribution is 6.04. The molecular formula is C33H41N3O3. The van der Waals surface area contributed by atoms with Crippen molar-refractivity contribution in [3.8, 4) is 11.1 Å². The summed E-state index contributed by atoms with van der Waals surface area (Å²) in [6.07, 6.45) is 8.19. The number of benzene rings is 2. The molecule has 0 bridgehead atoms. The van der Waals surface area contributed by atoms with Crippen LogP contribution in [0.4, 0.5) is 0 Å². The molecule has 0 aliphatic heterocycles. The van der Waals surface area contributed by atoms with Gasteiger partial charge in [-0.2, -0.15) is 0 Å². The van der Waals surface area contributed by atoms with E-state index in [4.69, 9.17) is 4.99 Å². The third-order valence-electron chi connectivity index (χ3n) is 8.15. The zero-order chi connectivity index (χ0) is 27.9. The molecule has 1 atom stereocenters. The first-order chi connectivity index (χ1) is 18.8. The van der Waals surface area contributed by atoms with Gasteiger partial charge < -0.3 is 15.4 Å². The molecule has 6 heteroatoms. The third-order valence-corrected chi connectivity index (χ3v) is 8.15. The molecule has 2 aromatic carbocycles. The normalized spacial score (nSPS) is 14.7. The number of aromatic nitrogens is 1. The summed E-state index contributed by atoms with van der Waals surface area (Å²) in [5, 5.41) is 12.6. The van der Waals surface area contributed by atoms with E-state index in [2.05, 4.69) is 23.3 Å². The Morgan fingerprint density at radius 3 is 2.56 bits per heavy atom. The lowest BCUT2D eigenvalue weighted by molar-refractivity contribution is 0.0950. The summed E-state index contributed by atoms with van der Waals surface area (Å²) in [6, 6.07) is 13.6. The number of amides is 1. The number of carbonyl (C=O) groups is 1. The first-order valence-electron chi connectivity index (χ1n) is 14.1. The van der Waals surface area contributed by atoms with Crippen LogP contribution in [0.3, 0.4) is 0 Å². The van der Waals surface area contributed by atoms with Crippen LogP contribution in [0.5, 0.6) is 0 Å². The zero-order valence-corrected chi connectivity index (χ0v) is 23.6. The van der Waals surface area contributed by atoms with Gasteiger partial charge in [-0.05, 0) is 78.6 Å². The van der Waals surface area contributed by atoms with Crippen molar-refractivity contribution in [1.29, 1.82) is 0 Å². The highest BCUT2D eigenvalue weighted by atomic mass is 16.3. The lowest BCUT2D eigenvalue weighted by atomic mass is 9.89. The third kappa shape index (κ3) is 6.93. The van der Waals surface area contributed by atoms with Crippen molar-refractivity contribution in [3.63, 3.8) is 0 Å². The SMILES string of the molecule is CCC(CN=Cc1c(C)cc(-c2cccc(CO)c2)cc1C(=O)NCc1c(C)cc(C)[nH]c1=O)C1CCCC1. The maximum Gasteiger partial charge on any atom is 0.253 e. The lowest BCUT2D eigenvalue weighted by Gasteiger charge is -2.20. The predicted octanol–water partition coefficient (Wildman–Crippen LogP) is 6.02. The molecule has 1 fully saturated rings. The lowest BCUT2D eigenvalue weighted by Crippen LogP contribution is -2.29. The largest absolute Gasteiger partial charge is 0.392 e. The number of aromatic amines is 1.